The number of amides is 1. The summed E-state index contributed by atoms with van der Waals surface area (Å²) in [7, 11) is 1.71. The Morgan fingerprint density at radius 2 is 2.17 bits per heavy atom. The number of carbonyl (C=O) groups excluding carboxylic acids is 1. The smallest absolute Gasteiger partial charge is 0.409 e. The van der Waals surface area contributed by atoms with Gasteiger partial charge >= 0.3 is 6.09 Å². The number of aromatic nitrogens is 2. The van der Waals surface area contributed by atoms with Crippen LogP contribution in [0.15, 0.2) is 24.5 Å². The third kappa shape index (κ3) is 3.38. The van der Waals surface area contributed by atoms with Crippen molar-refractivity contribution >= 4 is 17.1 Å². The summed E-state index contributed by atoms with van der Waals surface area (Å²) in [6, 6.07) is 4.12. The highest BCUT2D eigenvalue weighted by Gasteiger charge is 2.26. The Morgan fingerprint density at radius 3 is 2.88 bits per heavy atom. The number of fused-ring (bicyclic) bond motifs is 1. The van der Waals surface area contributed by atoms with Gasteiger partial charge < -0.3 is 18.9 Å². The number of ether oxygens (including phenoxy) is 2. The molecule has 2 aromatic rings. The number of hydrogen-bond acceptors (Lipinski definition) is 4. The third-order valence-corrected chi connectivity index (χ3v) is 4.66. The van der Waals surface area contributed by atoms with Gasteiger partial charge in [-0.3, -0.25) is 0 Å². The van der Waals surface area contributed by atoms with Crippen LogP contribution in [0.1, 0.15) is 31.2 Å². The molecule has 1 aliphatic heterocycles. The molecule has 3 heterocycles. The fourth-order valence-corrected chi connectivity index (χ4v) is 3.42. The number of likely N-dealkylation sites (tertiary alicyclic amines) is 1. The zero-order valence-electron chi connectivity index (χ0n) is 14.4. The lowest BCUT2D eigenvalue weighted by Crippen LogP contribution is -2.38. The van der Waals surface area contributed by atoms with Crippen molar-refractivity contribution in [2.24, 2.45) is 0 Å². The van der Waals surface area contributed by atoms with E-state index in [1.54, 1.807) is 7.11 Å². The molecule has 3 rings (SSSR count). The molecule has 1 amide bonds. The topological polar surface area (TPSA) is 56.6 Å². The molecule has 0 bridgehead atoms. The zero-order valence-corrected chi connectivity index (χ0v) is 14.4. The molecule has 130 valence electrons. The van der Waals surface area contributed by atoms with Gasteiger partial charge in [0.05, 0.1) is 13.2 Å². The lowest BCUT2D eigenvalue weighted by atomic mass is 9.90. The van der Waals surface area contributed by atoms with Gasteiger partial charge in [-0.25, -0.2) is 9.78 Å². The molecule has 1 fully saturated rings. The van der Waals surface area contributed by atoms with Crippen LogP contribution in [0.3, 0.4) is 0 Å². The highest BCUT2D eigenvalue weighted by molar-refractivity contribution is 5.81. The number of carbonyl (C=O) groups is 1. The van der Waals surface area contributed by atoms with Gasteiger partial charge in [0.1, 0.15) is 5.65 Å². The predicted octanol–water partition coefficient (Wildman–Crippen LogP) is 3.02. The van der Waals surface area contributed by atoms with Crippen molar-refractivity contribution in [3.63, 3.8) is 0 Å². The highest BCUT2D eigenvalue weighted by Crippen LogP contribution is 2.34. The van der Waals surface area contributed by atoms with Crippen molar-refractivity contribution in [2.75, 3.05) is 33.4 Å². The second-order valence-electron chi connectivity index (χ2n) is 6.11. The molecule has 0 aliphatic carbocycles. The molecule has 2 aromatic heterocycles. The van der Waals surface area contributed by atoms with E-state index in [1.165, 1.54) is 10.9 Å². The van der Waals surface area contributed by atoms with Gasteiger partial charge in [0.15, 0.2) is 0 Å². The first kappa shape index (κ1) is 16.8. The molecule has 0 spiro atoms. The number of pyridine rings is 1. The van der Waals surface area contributed by atoms with Gasteiger partial charge in [0, 0.05) is 44.5 Å². The number of rotatable bonds is 5. The summed E-state index contributed by atoms with van der Waals surface area (Å²) in [4.78, 5) is 18.2. The molecule has 24 heavy (non-hydrogen) atoms. The van der Waals surface area contributed by atoms with Gasteiger partial charge in [0.2, 0.25) is 0 Å². The number of piperidine rings is 1. The van der Waals surface area contributed by atoms with Crippen LogP contribution in [0.5, 0.6) is 0 Å². The Bertz CT molecular complexity index is 690. The fourth-order valence-electron chi connectivity index (χ4n) is 3.42. The SMILES string of the molecule is CCOC(=O)N1CCC(c2cn(CCOC)c3ncccc23)CC1. The Labute approximate surface area is 142 Å². The van der Waals surface area contributed by atoms with Gasteiger partial charge in [-0.15, -0.1) is 0 Å². The van der Waals surface area contributed by atoms with Crippen LogP contribution < -0.4 is 0 Å². The first-order valence-corrected chi connectivity index (χ1v) is 8.59. The average Bonchev–Trinajstić information content (AvgIpc) is 2.99. The second kappa shape index (κ2) is 7.66. The molecule has 6 heteroatoms. The minimum atomic E-state index is -0.194. The van der Waals surface area contributed by atoms with Crippen LogP contribution in [0.25, 0.3) is 11.0 Å². The van der Waals surface area contributed by atoms with Gasteiger partial charge in [-0.05, 0) is 43.4 Å². The molecule has 1 saturated heterocycles. The quantitative estimate of drug-likeness (QED) is 0.845. The van der Waals surface area contributed by atoms with Crippen LogP contribution in [0.2, 0.25) is 0 Å². The van der Waals surface area contributed by atoms with E-state index in [2.05, 4.69) is 21.8 Å². The van der Waals surface area contributed by atoms with Crippen LogP contribution in [0, 0.1) is 0 Å². The van der Waals surface area contributed by atoms with Crippen molar-refractivity contribution < 1.29 is 14.3 Å². The van der Waals surface area contributed by atoms with E-state index >= 15 is 0 Å². The van der Waals surface area contributed by atoms with E-state index in [0.29, 0.717) is 19.1 Å². The molecule has 1 aliphatic rings. The van der Waals surface area contributed by atoms with E-state index in [9.17, 15) is 4.79 Å². The van der Waals surface area contributed by atoms with Gasteiger partial charge in [0.25, 0.3) is 0 Å². The average molecular weight is 331 g/mol. The molecular weight excluding hydrogens is 306 g/mol. The Balaban J connectivity index is 1.77. The summed E-state index contributed by atoms with van der Waals surface area (Å²) in [5.41, 5.74) is 2.34. The van der Waals surface area contributed by atoms with E-state index < -0.39 is 0 Å². The van der Waals surface area contributed by atoms with Crippen molar-refractivity contribution in [1.29, 1.82) is 0 Å². The van der Waals surface area contributed by atoms with Crippen LogP contribution in [-0.2, 0) is 16.0 Å². The summed E-state index contributed by atoms with van der Waals surface area (Å²) in [6.45, 7) is 5.22. The maximum atomic E-state index is 11.9. The molecular formula is C18H25N3O3. The molecule has 0 radical (unpaired) electrons. The van der Waals surface area contributed by atoms with Gasteiger partial charge in [-0.2, -0.15) is 0 Å². The molecule has 0 aromatic carbocycles. The summed E-state index contributed by atoms with van der Waals surface area (Å²) >= 11 is 0. The lowest BCUT2D eigenvalue weighted by Gasteiger charge is -2.31. The van der Waals surface area contributed by atoms with Crippen LogP contribution >= 0.6 is 0 Å². The standard InChI is InChI=1S/C18H25N3O3/c1-3-24-18(22)20-9-6-14(7-10-20)16-13-21(11-12-23-2)17-15(16)5-4-8-19-17/h4-5,8,13-14H,3,6-7,9-12H2,1-2H3. The Kier molecular flexibility index (Phi) is 5.35. The van der Waals surface area contributed by atoms with Crippen molar-refractivity contribution in [1.82, 2.24) is 14.5 Å². The summed E-state index contributed by atoms with van der Waals surface area (Å²) < 4.78 is 12.5. The molecule has 0 atom stereocenters. The maximum Gasteiger partial charge on any atom is 0.409 e. The first-order valence-electron chi connectivity index (χ1n) is 8.59. The monoisotopic (exact) mass is 331 g/mol. The summed E-state index contributed by atoms with van der Waals surface area (Å²) in [6.07, 6.45) is 5.76. The summed E-state index contributed by atoms with van der Waals surface area (Å²) in [5.74, 6) is 0.450. The summed E-state index contributed by atoms with van der Waals surface area (Å²) in [5, 5.41) is 1.21. The largest absolute Gasteiger partial charge is 0.450 e. The molecule has 0 unspecified atom stereocenters. The number of hydrogen-bond donors (Lipinski definition) is 0. The van der Waals surface area contributed by atoms with Crippen molar-refractivity contribution in [2.45, 2.75) is 32.2 Å². The number of methoxy groups -OCH3 is 1. The fraction of sp³-hybridized carbons (Fsp3) is 0.556. The van der Waals surface area contributed by atoms with E-state index in [1.807, 2.05) is 24.1 Å². The lowest BCUT2D eigenvalue weighted by molar-refractivity contribution is 0.0971. The minimum absolute atomic E-state index is 0.194. The molecule has 0 saturated carbocycles. The van der Waals surface area contributed by atoms with E-state index in [0.717, 1.165) is 38.1 Å². The molecule has 0 N–H and O–H groups in total. The second-order valence-corrected chi connectivity index (χ2v) is 6.11. The van der Waals surface area contributed by atoms with Crippen molar-refractivity contribution in [3.05, 3.63) is 30.1 Å². The van der Waals surface area contributed by atoms with Crippen LogP contribution in [0.4, 0.5) is 4.79 Å². The molecule has 6 nitrogen and oxygen atoms in total. The Morgan fingerprint density at radius 1 is 1.38 bits per heavy atom. The normalized spacial score (nSPS) is 15.8. The van der Waals surface area contributed by atoms with E-state index in [4.69, 9.17) is 9.47 Å². The third-order valence-electron chi connectivity index (χ3n) is 4.66. The van der Waals surface area contributed by atoms with Crippen molar-refractivity contribution in [3.8, 4) is 0 Å². The van der Waals surface area contributed by atoms with Crippen LogP contribution in [-0.4, -0.2) is 54.0 Å². The highest BCUT2D eigenvalue weighted by atomic mass is 16.6. The predicted molar refractivity (Wildman–Crippen MR) is 92.2 cm³/mol. The zero-order chi connectivity index (χ0) is 16.9. The number of nitrogens with zero attached hydrogens (tertiary/aromatic N) is 3. The first-order chi connectivity index (χ1) is 11.7. The minimum Gasteiger partial charge on any atom is -0.450 e. The van der Waals surface area contributed by atoms with Gasteiger partial charge in [-0.1, -0.05) is 0 Å². The van der Waals surface area contributed by atoms with E-state index in [-0.39, 0.29) is 6.09 Å². The Hall–Kier alpha value is -2.08. The maximum absolute atomic E-state index is 11.9.